The van der Waals surface area contributed by atoms with E-state index in [0.29, 0.717) is 36.4 Å². The van der Waals surface area contributed by atoms with E-state index < -0.39 is 0 Å². The van der Waals surface area contributed by atoms with Crippen molar-refractivity contribution in [1.29, 1.82) is 0 Å². The Morgan fingerprint density at radius 3 is 2.17 bits per heavy atom. The van der Waals surface area contributed by atoms with Crippen molar-refractivity contribution in [1.82, 2.24) is 9.80 Å². The molecule has 2 aliphatic heterocycles. The van der Waals surface area contributed by atoms with Gasteiger partial charge in [0.15, 0.2) is 0 Å². The Kier molecular flexibility index (Phi) is 7.25. The molecule has 2 aromatic rings. The molecule has 5 rings (SSSR count). The molecule has 7 nitrogen and oxygen atoms in total. The minimum Gasteiger partial charge on any atom is -0.369 e. The second kappa shape index (κ2) is 10.7. The van der Waals surface area contributed by atoms with Gasteiger partial charge in [-0.3, -0.25) is 14.4 Å². The summed E-state index contributed by atoms with van der Waals surface area (Å²) in [5.74, 6) is 0.233. The van der Waals surface area contributed by atoms with Crippen molar-refractivity contribution < 1.29 is 14.4 Å². The molecule has 7 heteroatoms. The molecule has 1 saturated carbocycles. The van der Waals surface area contributed by atoms with Gasteiger partial charge >= 0.3 is 0 Å². The fourth-order valence-corrected chi connectivity index (χ4v) is 5.16. The summed E-state index contributed by atoms with van der Waals surface area (Å²) in [5.41, 5.74) is 4.06. The van der Waals surface area contributed by atoms with E-state index in [9.17, 15) is 14.4 Å². The van der Waals surface area contributed by atoms with E-state index in [0.717, 1.165) is 69.4 Å². The first-order valence-corrected chi connectivity index (χ1v) is 13.3. The highest BCUT2D eigenvalue weighted by Gasteiger charge is 2.30. The van der Waals surface area contributed by atoms with Gasteiger partial charge in [0.1, 0.15) is 0 Å². The number of carbonyl (C=O) groups is 3. The first-order valence-electron chi connectivity index (χ1n) is 13.3. The topological polar surface area (TPSA) is 73.0 Å². The van der Waals surface area contributed by atoms with Crippen LogP contribution in [0.5, 0.6) is 0 Å². The molecule has 3 fully saturated rings. The van der Waals surface area contributed by atoms with Crippen LogP contribution in [0.1, 0.15) is 64.8 Å². The number of anilines is 2. The lowest BCUT2D eigenvalue weighted by Crippen LogP contribution is -2.38. The van der Waals surface area contributed by atoms with Crippen molar-refractivity contribution in [2.24, 2.45) is 5.92 Å². The Bertz CT molecular complexity index is 1120. The highest BCUT2D eigenvalue weighted by molar-refractivity contribution is 6.02. The zero-order valence-electron chi connectivity index (χ0n) is 21.2. The Morgan fingerprint density at radius 1 is 0.750 bits per heavy atom. The molecule has 36 heavy (non-hydrogen) atoms. The van der Waals surface area contributed by atoms with E-state index in [2.05, 4.69) is 10.2 Å². The number of aryl methyl sites for hydroxylation is 1. The van der Waals surface area contributed by atoms with Gasteiger partial charge in [0.05, 0.1) is 5.56 Å². The van der Waals surface area contributed by atoms with E-state index in [-0.39, 0.29) is 23.6 Å². The standard InChI is InChI=1S/C29H36N4O3/c1-21-6-8-23(9-7-21)28(35)33-17-5-16-31(18-19-33)26-13-12-24(30-27(34)22-10-11-22)20-25(26)29(36)32-14-3-2-4-15-32/h6-9,12-13,20,22H,2-5,10-11,14-19H2,1H3,(H,30,34). The molecule has 0 unspecified atom stereocenters. The molecule has 2 saturated heterocycles. The van der Waals surface area contributed by atoms with Crippen LogP contribution in [0.2, 0.25) is 0 Å². The van der Waals surface area contributed by atoms with E-state index in [4.69, 9.17) is 0 Å². The normalized spacial score (nSPS) is 18.5. The lowest BCUT2D eigenvalue weighted by atomic mass is 10.1. The average molecular weight is 489 g/mol. The van der Waals surface area contributed by atoms with Crippen molar-refractivity contribution in [3.8, 4) is 0 Å². The highest BCUT2D eigenvalue weighted by atomic mass is 16.2. The van der Waals surface area contributed by atoms with Crippen LogP contribution in [0, 0.1) is 12.8 Å². The van der Waals surface area contributed by atoms with E-state index in [1.807, 2.05) is 59.2 Å². The number of carbonyl (C=O) groups excluding carboxylic acids is 3. The van der Waals surface area contributed by atoms with Gasteiger partial charge < -0.3 is 20.0 Å². The lowest BCUT2D eigenvalue weighted by Gasteiger charge is -2.30. The molecule has 0 atom stereocenters. The lowest BCUT2D eigenvalue weighted by molar-refractivity contribution is -0.117. The van der Waals surface area contributed by atoms with Gasteiger partial charge in [-0.15, -0.1) is 0 Å². The van der Waals surface area contributed by atoms with Crippen molar-refractivity contribution in [2.75, 3.05) is 49.5 Å². The van der Waals surface area contributed by atoms with Crippen LogP contribution in [0.4, 0.5) is 11.4 Å². The Labute approximate surface area is 213 Å². The number of hydrogen-bond acceptors (Lipinski definition) is 4. The molecule has 2 aromatic carbocycles. The number of nitrogens with zero attached hydrogens (tertiary/aromatic N) is 3. The third-order valence-corrected chi connectivity index (χ3v) is 7.51. The van der Waals surface area contributed by atoms with E-state index in [1.54, 1.807) is 0 Å². The third kappa shape index (κ3) is 5.55. The fraction of sp³-hybridized carbons (Fsp3) is 0.483. The number of nitrogens with one attached hydrogen (secondary N) is 1. The molecular weight excluding hydrogens is 452 g/mol. The van der Waals surface area contributed by atoms with Crippen molar-refractivity contribution >= 4 is 29.1 Å². The van der Waals surface area contributed by atoms with Gasteiger partial charge in [-0.1, -0.05) is 17.7 Å². The Balaban J connectivity index is 1.35. The summed E-state index contributed by atoms with van der Waals surface area (Å²) in [7, 11) is 0. The second-order valence-corrected chi connectivity index (χ2v) is 10.3. The number of piperidine rings is 1. The largest absolute Gasteiger partial charge is 0.369 e. The Morgan fingerprint density at radius 2 is 1.44 bits per heavy atom. The third-order valence-electron chi connectivity index (χ3n) is 7.51. The van der Waals surface area contributed by atoms with Crippen molar-refractivity contribution in [3.05, 3.63) is 59.2 Å². The molecule has 1 N–H and O–H groups in total. The molecule has 2 heterocycles. The maximum absolute atomic E-state index is 13.6. The second-order valence-electron chi connectivity index (χ2n) is 10.3. The van der Waals surface area contributed by atoms with Gasteiger partial charge in [0.2, 0.25) is 5.91 Å². The molecule has 1 aliphatic carbocycles. The summed E-state index contributed by atoms with van der Waals surface area (Å²) in [6.07, 6.45) is 5.92. The smallest absolute Gasteiger partial charge is 0.256 e. The number of likely N-dealkylation sites (tertiary alicyclic amines) is 1. The molecule has 0 spiro atoms. The summed E-state index contributed by atoms with van der Waals surface area (Å²) in [6, 6.07) is 13.5. The zero-order chi connectivity index (χ0) is 25.1. The maximum atomic E-state index is 13.6. The van der Waals surface area contributed by atoms with E-state index in [1.165, 1.54) is 0 Å². The molecule has 0 bridgehead atoms. The van der Waals surface area contributed by atoms with Crippen LogP contribution >= 0.6 is 0 Å². The summed E-state index contributed by atoms with van der Waals surface area (Å²) in [6.45, 7) is 6.28. The van der Waals surface area contributed by atoms with Crippen LogP contribution in [0.3, 0.4) is 0 Å². The SMILES string of the molecule is Cc1ccc(C(=O)N2CCCN(c3ccc(NC(=O)C4CC4)cc3C(=O)N3CCCCC3)CC2)cc1. The molecular formula is C29H36N4O3. The van der Waals surface area contributed by atoms with Gasteiger partial charge in [-0.2, -0.15) is 0 Å². The summed E-state index contributed by atoms with van der Waals surface area (Å²) in [4.78, 5) is 45.2. The average Bonchev–Trinajstić information content (AvgIpc) is 3.76. The molecule has 3 amide bonds. The molecule has 190 valence electrons. The number of benzene rings is 2. The number of hydrogen-bond donors (Lipinski definition) is 1. The van der Waals surface area contributed by atoms with E-state index >= 15 is 0 Å². The Hall–Kier alpha value is -3.35. The molecule has 0 aromatic heterocycles. The van der Waals surface area contributed by atoms with Crippen LogP contribution in [-0.4, -0.2) is 66.8 Å². The van der Waals surface area contributed by atoms with Crippen LogP contribution in [-0.2, 0) is 4.79 Å². The predicted molar refractivity (Wildman–Crippen MR) is 141 cm³/mol. The van der Waals surface area contributed by atoms with Gasteiger partial charge in [-0.25, -0.2) is 0 Å². The van der Waals surface area contributed by atoms with Crippen LogP contribution < -0.4 is 10.2 Å². The molecule has 0 radical (unpaired) electrons. The summed E-state index contributed by atoms with van der Waals surface area (Å²) in [5, 5.41) is 3.01. The quantitative estimate of drug-likeness (QED) is 0.680. The van der Waals surface area contributed by atoms with Crippen molar-refractivity contribution in [2.45, 2.75) is 45.4 Å². The summed E-state index contributed by atoms with van der Waals surface area (Å²) >= 11 is 0. The summed E-state index contributed by atoms with van der Waals surface area (Å²) < 4.78 is 0. The predicted octanol–water partition coefficient (Wildman–Crippen LogP) is 4.32. The van der Waals surface area contributed by atoms with Crippen LogP contribution in [0.25, 0.3) is 0 Å². The molecule has 3 aliphatic rings. The number of rotatable bonds is 5. The monoisotopic (exact) mass is 488 g/mol. The minimum absolute atomic E-state index is 0.0315. The first-order chi connectivity index (χ1) is 17.5. The van der Waals surface area contributed by atoms with Gasteiger partial charge in [0, 0.05) is 62.1 Å². The zero-order valence-corrected chi connectivity index (χ0v) is 21.2. The maximum Gasteiger partial charge on any atom is 0.256 e. The highest BCUT2D eigenvalue weighted by Crippen LogP contribution is 2.32. The van der Waals surface area contributed by atoms with Crippen molar-refractivity contribution in [3.63, 3.8) is 0 Å². The van der Waals surface area contributed by atoms with Gasteiger partial charge in [-0.05, 0) is 75.8 Å². The van der Waals surface area contributed by atoms with Gasteiger partial charge in [0.25, 0.3) is 11.8 Å². The number of amides is 3. The minimum atomic E-state index is 0.0315. The van der Waals surface area contributed by atoms with Crippen LogP contribution in [0.15, 0.2) is 42.5 Å². The first kappa shape index (κ1) is 24.3. The fourth-order valence-electron chi connectivity index (χ4n) is 5.16.